The zero-order valence-corrected chi connectivity index (χ0v) is 11.9. The van der Waals surface area contributed by atoms with E-state index in [9.17, 15) is 9.18 Å². The van der Waals surface area contributed by atoms with Crippen molar-refractivity contribution in [1.29, 1.82) is 0 Å². The van der Waals surface area contributed by atoms with Gasteiger partial charge in [0.05, 0.1) is 5.69 Å². The van der Waals surface area contributed by atoms with Crippen LogP contribution in [-0.2, 0) is 0 Å². The molecule has 0 amide bonds. The van der Waals surface area contributed by atoms with Crippen LogP contribution in [0.5, 0.6) is 0 Å². The van der Waals surface area contributed by atoms with E-state index in [0.717, 1.165) is 11.3 Å². The van der Waals surface area contributed by atoms with Crippen molar-refractivity contribution in [3.05, 3.63) is 57.6 Å². The molecule has 0 spiro atoms. The topological polar surface area (TPSA) is 70.7 Å². The van der Waals surface area contributed by atoms with E-state index in [0.29, 0.717) is 16.8 Å². The van der Waals surface area contributed by atoms with E-state index >= 15 is 0 Å². The Hall–Kier alpha value is -2.54. The lowest BCUT2D eigenvalue weighted by Crippen LogP contribution is -2.10. The number of nitrogens with one attached hydrogen (secondary N) is 2. The van der Waals surface area contributed by atoms with Gasteiger partial charge in [-0.15, -0.1) is 11.3 Å². The Morgan fingerprint density at radius 2 is 2.00 bits per heavy atom. The van der Waals surface area contributed by atoms with E-state index in [1.807, 2.05) is 5.38 Å². The van der Waals surface area contributed by atoms with Gasteiger partial charge in [0, 0.05) is 22.7 Å². The van der Waals surface area contributed by atoms with Crippen molar-refractivity contribution < 1.29 is 4.39 Å². The second kappa shape index (κ2) is 5.45. The van der Waals surface area contributed by atoms with Crippen molar-refractivity contribution in [3.63, 3.8) is 0 Å². The predicted octanol–water partition coefficient (Wildman–Crippen LogP) is 3.08. The summed E-state index contributed by atoms with van der Waals surface area (Å²) in [6, 6.07) is 7.53. The highest BCUT2D eigenvalue weighted by Crippen LogP contribution is 2.26. The molecule has 3 rings (SSSR count). The Labute approximate surface area is 123 Å². The Bertz CT molecular complexity index is 825. The average Bonchev–Trinajstić information content (AvgIpc) is 2.87. The number of hydrogen-bond donors (Lipinski definition) is 2. The van der Waals surface area contributed by atoms with Crippen LogP contribution in [0.2, 0.25) is 0 Å². The van der Waals surface area contributed by atoms with Gasteiger partial charge in [0.25, 0.3) is 5.56 Å². The van der Waals surface area contributed by atoms with Crippen LogP contribution in [0.15, 0.2) is 40.5 Å². The first-order valence-corrected chi connectivity index (χ1v) is 7.04. The van der Waals surface area contributed by atoms with E-state index in [4.69, 9.17) is 0 Å². The summed E-state index contributed by atoms with van der Waals surface area (Å²) in [6.07, 6.45) is 0. The molecule has 0 atom stereocenters. The summed E-state index contributed by atoms with van der Waals surface area (Å²) in [6.45, 7) is 1.74. The number of H-pyrrole nitrogens is 1. The van der Waals surface area contributed by atoms with Crippen LogP contribution in [0.1, 0.15) is 5.69 Å². The van der Waals surface area contributed by atoms with Gasteiger partial charge in [0.2, 0.25) is 5.95 Å². The zero-order valence-electron chi connectivity index (χ0n) is 11.1. The number of nitrogens with zero attached hydrogens (tertiary/aromatic N) is 2. The number of benzene rings is 1. The van der Waals surface area contributed by atoms with Gasteiger partial charge >= 0.3 is 0 Å². The molecule has 21 heavy (non-hydrogen) atoms. The number of aromatic amines is 1. The third-order valence-corrected chi connectivity index (χ3v) is 3.50. The number of thiazole rings is 1. The Balaban J connectivity index is 1.85. The molecule has 0 aliphatic carbocycles. The summed E-state index contributed by atoms with van der Waals surface area (Å²) >= 11 is 1.38. The molecule has 1 aromatic carbocycles. The molecule has 5 nitrogen and oxygen atoms in total. The minimum Gasteiger partial charge on any atom is -0.302 e. The maximum absolute atomic E-state index is 12.9. The van der Waals surface area contributed by atoms with Gasteiger partial charge in [-0.3, -0.25) is 9.78 Å². The van der Waals surface area contributed by atoms with Gasteiger partial charge in [-0.25, -0.2) is 14.4 Å². The summed E-state index contributed by atoms with van der Waals surface area (Å²) < 4.78 is 12.9. The molecule has 0 unspecified atom stereocenters. The fraction of sp³-hybridized carbons (Fsp3) is 0.0714. The minimum absolute atomic E-state index is 0.222. The zero-order chi connectivity index (χ0) is 14.8. The molecule has 0 aliphatic rings. The molecule has 0 fully saturated rings. The lowest BCUT2D eigenvalue weighted by Gasteiger charge is -2.01. The van der Waals surface area contributed by atoms with Crippen molar-refractivity contribution >= 4 is 22.4 Å². The maximum atomic E-state index is 12.9. The first-order valence-electron chi connectivity index (χ1n) is 6.16. The molecule has 2 N–H and O–H groups in total. The number of halogens is 1. The van der Waals surface area contributed by atoms with Crippen molar-refractivity contribution in [3.8, 4) is 11.3 Å². The molecular formula is C14H11FN4OS. The summed E-state index contributed by atoms with van der Waals surface area (Å²) in [5.74, 6) is 0.0638. The van der Waals surface area contributed by atoms with Crippen LogP contribution in [0.3, 0.4) is 0 Å². The molecule has 0 saturated carbocycles. The standard InChI is InChI=1S/C14H11FN4OS/c1-8-6-12(20)18-13(16-8)19-14-17-11(7-21-14)9-2-4-10(15)5-3-9/h2-7H,1H3,(H2,16,17,18,19,20). The Morgan fingerprint density at radius 3 is 2.71 bits per heavy atom. The lowest BCUT2D eigenvalue weighted by molar-refractivity contribution is 0.628. The first-order chi connectivity index (χ1) is 10.1. The lowest BCUT2D eigenvalue weighted by atomic mass is 10.2. The van der Waals surface area contributed by atoms with E-state index in [1.165, 1.54) is 29.5 Å². The highest BCUT2D eigenvalue weighted by Gasteiger charge is 2.06. The normalized spacial score (nSPS) is 10.6. The highest BCUT2D eigenvalue weighted by molar-refractivity contribution is 7.14. The fourth-order valence-corrected chi connectivity index (χ4v) is 2.54. The SMILES string of the molecule is Cc1cc(=O)[nH]c(Nc2nc(-c3ccc(F)cc3)cs2)n1. The van der Waals surface area contributed by atoms with E-state index < -0.39 is 0 Å². The third-order valence-electron chi connectivity index (χ3n) is 2.74. The summed E-state index contributed by atoms with van der Waals surface area (Å²) in [5.41, 5.74) is 1.96. The second-order valence-electron chi connectivity index (χ2n) is 4.41. The van der Waals surface area contributed by atoms with Crippen LogP contribution in [0, 0.1) is 12.7 Å². The number of hydrogen-bond acceptors (Lipinski definition) is 5. The Kier molecular flexibility index (Phi) is 3.49. The van der Waals surface area contributed by atoms with E-state index in [-0.39, 0.29) is 11.4 Å². The molecule has 2 heterocycles. The van der Waals surface area contributed by atoms with Crippen LogP contribution in [0.25, 0.3) is 11.3 Å². The van der Waals surface area contributed by atoms with Crippen molar-refractivity contribution in [2.24, 2.45) is 0 Å². The molecule has 3 aromatic rings. The van der Waals surface area contributed by atoms with Crippen molar-refractivity contribution in [1.82, 2.24) is 15.0 Å². The summed E-state index contributed by atoms with van der Waals surface area (Å²) in [4.78, 5) is 22.5. The van der Waals surface area contributed by atoms with Crippen LogP contribution in [-0.4, -0.2) is 15.0 Å². The molecule has 0 saturated heterocycles. The van der Waals surface area contributed by atoms with Crippen LogP contribution < -0.4 is 10.9 Å². The average molecular weight is 302 g/mol. The number of anilines is 2. The van der Waals surface area contributed by atoms with Crippen molar-refractivity contribution in [2.45, 2.75) is 6.92 Å². The third kappa shape index (κ3) is 3.14. The van der Waals surface area contributed by atoms with Gasteiger partial charge in [0.1, 0.15) is 5.82 Å². The van der Waals surface area contributed by atoms with E-state index in [1.54, 1.807) is 19.1 Å². The predicted molar refractivity (Wildman–Crippen MR) is 80.4 cm³/mol. The second-order valence-corrected chi connectivity index (χ2v) is 5.26. The molecule has 0 bridgehead atoms. The van der Waals surface area contributed by atoms with Gasteiger partial charge in [-0.1, -0.05) is 0 Å². The van der Waals surface area contributed by atoms with Gasteiger partial charge in [-0.2, -0.15) is 0 Å². The molecule has 2 aromatic heterocycles. The first kappa shape index (κ1) is 13.4. The van der Waals surface area contributed by atoms with E-state index in [2.05, 4.69) is 20.3 Å². The molecular weight excluding hydrogens is 291 g/mol. The molecule has 106 valence electrons. The summed E-state index contributed by atoms with van der Waals surface area (Å²) in [7, 11) is 0. The van der Waals surface area contributed by atoms with Gasteiger partial charge in [-0.05, 0) is 31.2 Å². The quantitative estimate of drug-likeness (QED) is 0.780. The highest BCUT2D eigenvalue weighted by atomic mass is 32.1. The number of aryl methyl sites for hydroxylation is 1. The van der Waals surface area contributed by atoms with Crippen LogP contribution >= 0.6 is 11.3 Å². The minimum atomic E-state index is -0.283. The fourth-order valence-electron chi connectivity index (χ4n) is 1.82. The van der Waals surface area contributed by atoms with Crippen LogP contribution in [0.4, 0.5) is 15.5 Å². The number of aromatic nitrogens is 3. The monoisotopic (exact) mass is 302 g/mol. The van der Waals surface area contributed by atoms with Gasteiger partial charge < -0.3 is 5.32 Å². The smallest absolute Gasteiger partial charge is 0.252 e. The molecule has 0 aliphatic heterocycles. The Morgan fingerprint density at radius 1 is 1.24 bits per heavy atom. The number of rotatable bonds is 3. The maximum Gasteiger partial charge on any atom is 0.252 e. The largest absolute Gasteiger partial charge is 0.302 e. The van der Waals surface area contributed by atoms with Gasteiger partial charge in [0.15, 0.2) is 5.13 Å². The molecule has 0 radical (unpaired) electrons. The molecule has 7 heteroatoms. The van der Waals surface area contributed by atoms with Crippen molar-refractivity contribution in [2.75, 3.05) is 5.32 Å². The summed E-state index contributed by atoms with van der Waals surface area (Å²) in [5, 5.41) is 5.40.